The van der Waals surface area contributed by atoms with E-state index in [9.17, 15) is 9.59 Å². The van der Waals surface area contributed by atoms with Gasteiger partial charge in [-0.15, -0.1) is 0 Å². The van der Waals surface area contributed by atoms with Gasteiger partial charge in [0.1, 0.15) is 0 Å². The van der Waals surface area contributed by atoms with Gasteiger partial charge in [0.05, 0.1) is 17.4 Å². The van der Waals surface area contributed by atoms with Crippen molar-refractivity contribution in [1.29, 1.82) is 0 Å². The van der Waals surface area contributed by atoms with Gasteiger partial charge in [0, 0.05) is 18.5 Å². The molecule has 0 aliphatic rings. The summed E-state index contributed by atoms with van der Waals surface area (Å²) in [6, 6.07) is 5.15. The van der Waals surface area contributed by atoms with Crippen LogP contribution in [0.5, 0.6) is 0 Å². The van der Waals surface area contributed by atoms with E-state index >= 15 is 0 Å². The molecule has 2 amide bonds. The second-order valence-electron chi connectivity index (χ2n) is 3.61. The molecular formula is C11H12N4O2. The Balaban J connectivity index is 2.05. The first-order valence-electron chi connectivity index (χ1n) is 5.16. The maximum Gasteiger partial charge on any atom is 0.251 e. The van der Waals surface area contributed by atoms with Crippen molar-refractivity contribution in [3.8, 4) is 0 Å². The molecule has 2 aromatic rings. The molecule has 1 aromatic heterocycles. The van der Waals surface area contributed by atoms with E-state index in [-0.39, 0.29) is 18.9 Å². The van der Waals surface area contributed by atoms with E-state index in [1.807, 2.05) is 0 Å². The maximum absolute atomic E-state index is 11.7. The lowest BCUT2D eigenvalue weighted by Gasteiger charge is -2.03. The minimum absolute atomic E-state index is 0.137. The number of primary amides is 1. The lowest BCUT2D eigenvalue weighted by molar-refractivity contribution is -0.117. The minimum atomic E-state index is -0.436. The molecule has 6 heteroatoms. The summed E-state index contributed by atoms with van der Waals surface area (Å²) in [6.07, 6.45) is 1.71. The summed E-state index contributed by atoms with van der Waals surface area (Å²) >= 11 is 0. The molecule has 0 radical (unpaired) electrons. The minimum Gasteiger partial charge on any atom is -0.370 e. The summed E-state index contributed by atoms with van der Waals surface area (Å²) < 4.78 is 0. The number of rotatable bonds is 4. The molecule has 4 N–H and O–H groups in total. The number of hydrogen-bond donors (Lipinski definition) is 3. The van der Waals surface area contributed by atoms with Crippen molar-refractivity contribution in [1.82, 2.24) is 15.3 Å². The van der Waals surface area contributed by atoms with Crippen LogP contribution in [-0.4, -0.2) is 28.3 Å². The molecule has 0 atom stereocenters. The SMILES string of the molecule is NC(=O)CCNC(=O)c1ccc2nc[nH]c2c1. The van der Waals surface area contributed by atoms with Crippen molar-refractivity contribution >= 4 is 22.8 Å². The lowest BCUT2D eigenvalue weighted by Crippen LogP contribution is -2.27. The number of benzene rings is 1. The molecule has 1 heterocycles. The third-order valence-corrected chi connectivity index (χ3v) is 2.34. The molecule has 0 saturated heterocycles. The van der Waals surface area contributed by atoms with E-state index in [4.69, 9.17) is 5.73 Å². The number of imidazole rings is 1. The van der Waals surface area contributed by atoms with Crippen LogP contribution in [-0.2, 0) is 4.79 Å². The summed E-state index contributed by atoms with van der Waals surface area (Å²) in [5, 5.41) is 2.61. The van der Waals surface area contributed by atoms with Crippen molar-refractivity contribution in [3.05, 3.63) is 30.1 Å². The van der Waals surface area contributed by atoms with Crippen molar-refractivity contribution in [2.45, 2.75) is 6.42 Å². The Morgan fingerprint density at radius 1 is 1.41 bits per heavy atom. The molecule has 0 aliphatic carbocycles. The summed E-state index contributed by atoms with van der Waals surface area (Å²) in [5.74, 6) is -0.669. The fraction of sp³-hybridized carbons (Fsp3) is 0.182. The van der Waals surface area contributed by atoms with E-state index < -0.39 is 5.91 Å². The Morgan fingerprint density at radius 2 is 2.24 bits per heavy atom. The number of carbonyl (C=O) groups is 2. The zero-order chi connectivity index (χ0) is 12.3. The van der Waals surface area contributed by atoms with Gasteiger partial charge in [-0.05, 0) is 18.2 Å². The van der Waals surface area contributed by atoms with E-state index in [0.29, 0.717) is 5.56 Å². The molecule has 0 unspecified atom stereocenters. The average molecular weight is 232 g/mol. The third-order valence-electron chi connectivity index (χ3n) is 2.34. The fourth-order valence-corrected chi connectivity index (χ4v) is 1.48. The van der Waals surface area contributed by atoms with Gasteiger partial charge in [0.25, 0.3) is 5.91 Å². The Morgan fingerprint density at radius 3 is 3.00 bits per heavy atom. The third kappa shape index (κ3) is 2.60. The number of nitrogens with zero attached hydrogens (tertiary/aromatic N) is 1. The van der Waals surface area contributed by atoms with Crippen molar-refractivity contribution in [3.63, 3.8) is 0 Å². The number of nitrogens with one attached hydrogen (secondary N) is 2. The fourth-order valence-electron chi connectivity index (χ4n) is 1.48. The first-order chi connectivity index (χ1) is 8.16. The Labute approximate surface area is 97.2 Å². The van der Waals surface area contributed by atoms with Crippen LogP contribution in [0.1, 0.15) is 16.8 Å². The molecule has 0 aliphatic heterocycles. The molecule has 0 bridgehead atoms. The summed E-state index contributed by atoms with van der Waals surface area (Å²) in [5.41, 5.74) is 7.10. The van der Waals surface area contributed by atoms with Gasteiger partial charge < -0.3 is 16.0 Å². The standard InChI is InChI=1S/C11H12N4O2/c12-10(16)3-4-13-11(17)7-1-2-8-9(5-7)15-6-14-8/h1-2,5-6H,3-4H2,(H2,12,16)(H,13,17)(H,14,15). The maximum atomic E-state index is 11.7. The molecule has 2 rings (SSSR count). The number of carbonyl (C=O) groups excluding carboxylic acids is 2. The van der Waals surface area contributed by atoms with Crippen molar-refractivity contribution in [2.24, 2.45) is 5.73 Å². The predicted octanol–water partition coefficient (Wildman–Crippen LogP) is 0.168. The van der Waals surface area contributed by atoms with Crippen LogP contribution < -0.4 is 11.1 Å². The number of H-pyrrole nitrogens is 1. The Hall–Kier alpha value is -2.37. The van der Waals surface area contributed by atoms with E-state index in [2.05, 4.69) is 15.3 Å². The van der Waals surface area contributed by atoms with Gasteiger partial charge in [-0.3, -0.25) is 9.59 Å². The highest BCUT2D eigenvalue weighted by molar-refractivity contribution is 5.97. The smallest absolute Gasteiger partial charge is 0.251 e. The number of aromatic amines is 1. The van der Waals surface area contributed by atoms with Crippen LogP contribution in [0.25, 0.3) is 11.0 Å². The predicted molar refractivity (Wildman–Crippen MR) is 62.2 cm³/mol. The summed E-state index contributed by atoms with van der Waals surface area (Å²) in [4.78, 5) is 29.2. The molecule has 6 nitrogen and oxygen atoms in total. The highest BCUT2D eigenvalue weighted by Crippen LogP contribution is 2.11. The normalized spacial score (nSPS) is 10.4. The highest BCUT2D eigenvalue weighted by Gasteiger charge is 2.07. The molecule has 0 fully saturated rings. The van der Waals surface area contributed by atoms with Gasteiger partial charge in [0.2, 0.25) is 5.91 Å². The van der Waals surface area contributed by atoms with Gasteiger partial charge >= 0.3 is 0 Å². The molecule has 0 spiro atoms. The zero-order valence-corrected chi connectivity index (χ0v) is 9.06. The van der Waals surface area contributed by atoms with Gasteiger partial charge in [-0.25, -0.2) is 4.98 Å². The van der Waals surface area contributed by atoms with Gasteiger partial charge in [-0.1, -0.05) is 0 Å². The summed E-state index contributed by atoms with van der Waals surface area (Å²) in [6.45, 7) is 0.245. The van der Waals surface area contributed by atoms with Crippen molar-refractivity contribution < 1.29 is 9.59 Å². The lowest BCUT2D eigenvalue weighted by atomic mass is 10.2. The molecular weight excluding hydrogens is 220 g/mol. The molecule has 88 valence electrons. The average Bonchev–Trinajstić information content (AvgIpc) is 2.75. The Kier molecular flexibility index (Phi) is 3.04. The topological polar surface area (TPSA) is 101 Å². The highest BCUT2D eigenvalue weighted by atomic mass is 16.2. The number of aromatic nitrogens is 2. The second kappa shape index (κ2) is 4.65. The van der Waals surface area contributed by atoms with E-state index in [1.165, 1.54) is 0 Å². The van der Waals surface area contributed by atoms with Crippen LogP contribution in [0.15, 0.2) is 24.5 Å². The first-order valence-corrected chi connectivity index (χ1v) is 5.16. The molecule has 1 aromatic carbocycles. The quantitative estimate of drug-likeness (QED) is 0.700. The van der Waals surface area contributed by atoms with Crippen LogP contribution >= 0.6 is 0 Å². The van der Waals surface area contributed by atoms with Gasteiger partial charge in [0.15, 0.2) is 0 Å². The monoisotopic (exact) mass is 232 g/mol. The molecule has 0 saturated carbocycles. The summed E-state index contributed by atoms with van der Waals surface area (Å²) in [7, 11) is 0. The zero-order valence-electron chi connectivity index (χ0n) is 9.06. The van der Waals surface area contributed by atoms with Crippen LogP contribution in [0.4, 0.5) is 0 Å². The number of nitrogens with two attached hydrogens (primary N) is 1. The largest absolute Gasteiger partial charge is 0.370 e. The Bertz CT molecular complexity index is 561. The van der Waals surface area contributed by atoms with Crippen LogP contribution in [0, 0.1) is 0 Å². The number of hydrogen-bond acceptors (Lipinski definition) is 3. The van der Waals surface area contributed by atoms with Gasteiger partial charge in [-0.2, -0.15) is 0 Å². The van der Waals surface area contributed by atoms with E-state index in [1.54, 1.807) is 24.5 Å². The van der Waals surface area contributed by atoms with Crippen LogP contribution in [0.2, 0.25) is 0 Å². The van der Waals surface area contributed by atoms with Crippen LogP contribution in [0.3, 0.4) is 0 Å². The van der Waals surface area contributed by atoms with E-state index in [0.717, 1.165) is 11.0 Å². The molecule has 17 heavy (non-hydrogen) atoms. The first kappa shape index (κ1) is 11.1. The second-order valence-corrected chi connectivity index (χ2v) is 3.61. The van der Waals surface area contributed by atoms with Crippen molar-refractivity contribution in [2.75, 3.05) is 6.54 Å². The number of fused-ring (bicyclic) bond motifs is 1. The number of amides is 2.